The van der Waals surface area contributed by atoms with E-state index in [0.717, 1.165) is 27.6 Å². The Morgan fingerprint density at radius 2 is 2.03 bits per heavy atom. The fourth-order valence-corrected chi connectivity index (χ4v) is 7.38. The van der Waals surface area contributed by atoms with E-state index in [1.165, 1.54) is 28.9 Å². The number of hydrogen-bond donors (Lipinski definition) is 5. The predicted molar refractivity (Wildman–Crippen MR) is 133 cm³/mol. The molecule has 4 heterocycles. The number of carboxylic acids is 1. The second-order valence-electron chi connectivity index (χ2n) is 7.23. The minimum atomic E-state index is -1.53. The number of nitrogens with two attached hydrogens (primary N) is 3. The molecular weight excluding hydrogens is 576 g/mol. The molecule has 0 radical (unpaired) electrons. The molecule has 0 unspecified atom stereocenters. The van der Waals surface area contributed by atoms with Crippen molar-refractivity contribution in [2.45, 2.75) is 17.8 Å². The number of aliphatic carboxylic acids is 1. The first-order valence-corrected chi connectivity index (χ1v) is 13.7. The first-order chi connectivity index (χ1) is 17.1. The van der Waals surface area contributed by atoms with Gasteiger partial charge in [0.2, 0.25) is 0 Å². The third kappa shape index (κ3) is 5.89. The van der Waals surface area contributed by atoms with Crippen LogP contribution in [0.4, 0.5) is 10.3 Å². The number of aromatic nitrogens is 2. The number of hydrogen-bond acceptors (Lipinski definition) is 15. The summed E-state index contributed by atoms with van der Waals surface area (Å²) >= 11 is 4.44. The van der Waals surface area contributed by atoms with Gasteiger partial charge in [-0.3, -0.25) is 19.3 Å². The number of nitrogens with zero attached hydrogens (tertiary/aromatic N) is 4. The number of rotatable bonds is 9. The van der Waals surface area contributed by atoms with E-state index in [1.807, 2.05) is 0 Å². The Morgan fingerprint density at radius 3 is 2.62 bits per heavy atom. The van der Waals surface area contributed by atoms with E-state index in [-0.39, 0.29) is 61.8 Å². The number of anilines is 2. The number of aryl methyl sites for hydroxylation is 1. The number of primary amides is 1. The third-order valence-corrected chi connectivity index (χ3v) is 9.22. The van der Waals surface area contributed by atoms with Crippen LogP contribution in [0, 0.1) is 0 Å². The molecule has 2 atom stereocenters. The molecule has 8 N–H and O–H groups in total. The molecule has 37 heavy (non-hydrogen) atoms. The molecule has 0 saturated carbocycles. The van der Waals surface area contributed by atoms with Crippen molar-refractivity contribution in [1.29, 1.82) is 0 Å². The minimum absolute atomic E-state index is 0. The number of nitrogen functional groups attached to an aromatic ring is 2. The maximum Gasteiger partial charge on any atom is 1.00 e. The van der Waals surface area contributed by atoms with E-state index in [1.54, 1.807) is 0 Å². The number of carbonyl (C=O) groups excluding carboxylic acids is 4. The number of thioether (sulfide) groups is 2. The van der Waals surface area contributed by atoms with Gasteiger partial charge in [0.05, 0.1) is 17.4 Å². The molecule has 2 aromatic heterocycles. The summed E-state index contributed by atoms with van der Waals surface area (Å²) in [4.78, 5) is 58.5. The average molecular weight is 593 g/mol. The van der Waals surface area contributed by atoms with Gasteiger partial charge in [-0.1, -0.05) is 16.5 Å². The molecule has 4 rings (SSSR count). The van der Waals surface area contributed by atoms with Crippen LogP contribution in [0.3, 0.4) is 0 Å². The Kier molecular flexibility index (Phi) is 9.48. The second-order valence-corrected chi connectivity index (χ2v) is 11.4. The molecule has 19 heteroatoms. The molecule has 2 aliphatic rings. The number of amides is 3. The van der Waals surface area contributed by atoms with Gasteiger partial charge < -0.3 is 37.6 Å². The van der Waals surface area contributed by atoms with Crippen molar-refractivity contribution >= 4 is 85.9 Å². The molecule has 3 amide bonds. The quantitative estimate of drug-likeness (QED) is 0.0607. The van der Waals surface area contributed by atoms with Crippen LogP contribution in [0.15, 0.2) is 21.1 Å². The van der Waals surface area contributed by atoms with Crippen LogP contribution in [0.2, 0.25) is 0 Å². The summed E-state index contributed by atoms with van der Waals surface area (Å²) in [5, 5.41) is 27.6. The van der Waals surface area contributed by atoms with Gasteiger partial charge in [0.1, 0.15) is 22.0 Å². The normalized spacial score (nSPS) is 19.1. The molecule has 0 spiro atoms. The summed E-state index contributed by atoms with van der Waals surface area (Å²) in [7, 11) is 0. The van der Waals surface area contributed by atoms with E-state index in [9.17, 15) is 29.5 Å². The minimum Gasteiger partial charge on any atom is -0.543 e. The monoisotopic (exact) mass is 592 g/mol. The van der Waals surface area contributed by atoms with E-state index in [4.69, 9.17) is 17.2 Å². The number of carbonyl (C=O) groups is 4. The van der Waals surface area contributed by atoms with E-state index >= 15 is 0 Å². The number of carboxylic acid groups (broad SMARTS) is 1. The number of nitrogens with one attached hydrogen (secondary N) is 1. The van der Waals surface area contributed by atoms with Crippen LogP contribution in [0.25, 0.3) is 0 Å². The molecule has 0 aromatic carbocycles. The van der Waals surface area contributed by atoms with Gasteiger partial charge in [0, 0.05) is 28.2 Å². The average Bonchev–Trinajstić information content (AvgIpc) is 3.42. The smallest absolute Gasteiger partial charge is 0.543 e. The third-order valence-electron chi connectivity index (χ3n) is 5.05. The molecule has 2 aromatic rings. The Morgan fingerprint density at radius 1 is 1.30 bits per heavy atom. The van der Waals surface area contributed by atoms with E-state index < -0.39 is 40.8 Å². The first kappa shape index (κ1) is 29.2. The van der Waals surface area contributed by atoms with Crippen LogP contribution in [0.1, 0.15) is 21.1 Å². The van der Waals surface area contributed by atoms with Gasteiger partial charge >= 0.3 is 29.6 Å². The fourth-order valence-electron chi connectivity index (χ4n) is 3.51. The SMILES string of the molecule is NC(=O)c1sc(N)nc1CCSC1=C(C(=O)[O-])N2C(=O)[C@@H](NC(=O)/C(=N\O)c3csc(N)n3)[C@H]2SC1.[Na+]. The Labute approximate surface area is 247 Å². The topological polar surface area (TPSA) is 243 Å². The molecule has 1 fully saturated rings. The molecule has 0 aliphatic carbocycles. The maximum absolute atomic E-state index is 12.8. The van der Waals surface area contributed by atoms with Crippen molar-refractivity contribution in [2.75, 3.05) is 23.0 Å². The van der Waals surface area contributed by atoms with Crippen molar-refractivity contribution in [1.82, 2.24) is 20.2 Å². The van der Waals surface area contributed by atoms with E-state index in [2.05, 4.69) is 20.4 Å². The Hall–Kier alpha value is -2.35. The number of fused-ring (bicyclic) bond motifs is 1. The van der Waals surface area contributed by atoms with Crippen molar-refractivity contribution in [3.8, 4) is 0 Å². The van der Waals surface area contributed by atoms with Crippen molar-refractivity contribution in [2.24, 2.45) is 10.9 Å². The summed E-state index contributed by atoms with van der Waals surface area (Å²) < 4.78 is 0. The largest absolute Gasteiger partial charge is 1.00 e. The summed E-state index contributed by atoms with van der Waals surface area (Å²) in [5.74, 6) is -3.13. The Balaban J connectivity index is 0.00000380. The standard InChI is InChI=1S/C18H18N8O6S4.Na/c19-12(27)11-5(22-18(21)36-11)1-2-33-7-4-34-15-9(14(29)26(15)10(7)16(30)31)24-13(28)8(25-32)6-3-35-17(20)23-6;/h3,9,15,32H,1-2,4H2,(H2,19,27)(H2,20,23)(H2,21,22)(H,24,28)(H,30,31);/q;+1/p-1/b25-8-;/t9-,15-;/m1./s1. The molecule has 0 bridgehead atoms. The van der Waals surface area contributed by atoms with Crippen LogP contribution in [-0.4, -0.2) is 72.4 Å². The summed E-state index contributed by atoms with van der Waals surface area (Å²) in [6, 6.07) is -1.05. The van der Waals surface area contributed by atoms with Crippen LogP contribution < -0.4 is 57.2 Å². The van der Waals surface area contributed by atoms with Gasteiger partial charge in [-0.25, -0.2) is 9.97 Å². The Bertz CT molecular complexity index is 1330. The summed E-state index contributed by atoms with van der Waals surface area (Å²) in [5.41, 5.74) is 16.3. The van der Waals surface area contributed by atoms with Gasteiger partial charge in [-0.2, -0.15) is 0 Å². The van der Waals surface area contributed by atoms with Crippen LogP contribution in [-0.2, 0) is 20.8 Å². The van der Waals surface area contributed by atoms with E-state index in [0.29, 0.717) is 22.8 Å². The molecule has 1 saturated heterocycles. The van der Waals surface area contributed by atoms with Crippen molar-refractivity contribution in [3.05, 3.63) is 32.2 Å². The van der Waals surface area contributed by atoms with Gasteiger partial charge in [-0.15, -0.1) is 34.9 Å². The summed E-state index contributed by atoms with van der Waals surface area (Å²) in [6.07, 6.45) is 0.297. The summed E-state index contributed by atoms with van der Waals surface area (Å²) in [6.45, 7) is 0. The van der Waals surface area contributed by atoms with Gasteiger partial charge in [0.15, 0.2) is 16.0 Å². The van der Waals surface area contributed by atoms with Crippen LogP contribution >= 0.6 is 46.2 Å². The van der Waals surface area contributed by atoms with Crippen LogP contribution in [0.5, 0.6) is 0 Å². The van der Waals surface area contributed by atoms with Crippen molar-refractivity contribution < 1.29 is 59.0 Å². The number of β-lactam (4-membered cyclic amide) rings is 1. The molecular formula is C18H17N8NaO6S4. The zero-order valence-electron chi connectivity index (χ0n) is 19.0. The van der Waals surface area contributed by atoms with Gasteiger partial charge in [-0.05, 0) is 0 Å². The first-order valence-electron chi connectivity index (χ1n) is 9.93. The predicted octanol–water partition coefficient (Wildman–Crippen LogP) is -4.62. The fraction of sp³-hybridized carbons (Fsp3) is 0.278. The molecule has 14 nitrogen and oxygen atoms in total. The number of thiazole rings is 2. The van der Waals surface area contributed by atoms with Crippen molar-refractivity contribution in [3.63, 3.8) is 0 Å². The zero-order chi connectivity index (χ0) is 26.1. The second kappa shape index (κ2) is 12.0. The molecule has 190 valence electrons. The molecule has 2 aliphatic heterocycles. The number of oxime groups is 1. The van der Waals surface area contributed by atoms with Gasteiger partial charge in [0.25, 0.3) is 17.7 Å². The maximum atomic E-state index is 12.8. The zero-order valence-corrected chi connectivity index (χ0v) is 24.3.